The number of carbonyl (C=O) groups is 3. The van der Waals surface area contributed by atoms with Crippen LogP contribution in [0, 0.1) is 40.4 Å². The Morgan fingerprint density at radius 2 is 1.74 bits per heavy atom. The molecule has 0 radical (unpaired) electrons. The molecule has 8 nitrogen and oxygen atoms in total. The van der Waals surface area contributed by atoms with Crippen LogP contribution in [0.4, 0.5) is 0 Å². The molecule has 1 saturated heterocycles. The average Bonchev–Trinajstić information content (AvgIpc) is 3.55. The highest BCUT2D eigenvalue weighted by molar-refractivity contribution is 5.90. The van der Waals surface area contributed by atoms with Crippen LogP contribution in [0.5, 0.6) is 0 Å². The Morgan fingerprint density at radius 3 is 2.50 bits per heavy atom. The number of hydrogen-bond donors (Lipinski definition) is 4. The molecule has 1 heterocycles. The van der Waals surface area contributed by atoms with E-state index in [0.717, 1.165) is 42.9 Å². The van der Waals surface area contributed by atoms with Gasteiger partial charge in [0, 0.05) is 26.1 Å². The summed E-state index contributed by atoms with van der Waals surface area (Å²) in [5.41, 5.74) is 12.7. The number of nitrogens with zero attached hydrogens (tertiary/aromatic N) is 1. The first-order chi connectivity index (χ1) is 20.1. The first-order valence-corrected chi connectivity index (χ1v) is 17.4. The van der Waals surface area contributed by atoms with Gasteiger partial charge in [-0.25, -0.2) is 0 Å². The van der Waals surface area contributed by atoms with Crippen LogP contribution < -0.4 is 22.1 Å². The van der Waals surface area contributed by atoms with Crippen molar-refractivity contribution in [2.24, 2.45) is 51.9 Å². The van der Waals surface area contributed by atoms with Crippen LogP contribution in [0.3, 0.4) is 0 Å². The highest BCUT2D eigenvalue weighted by Crippen LogP contribution is 2.67. The third kappa shape index (κ3) is 6.00. The number of hydrogen-bond acceptors (Lipinski definition) is 5. The fraction of sp³-hybridized carbons (Fsp3) is 0.912. The molecule has 4 aliphatic carbocycles. The summed E-state index contributed by atoms with van der Waals surface area (Å²) in [5, 5.41) is 5.87. The second-order valence-electron chi connectivity index (χ2n) is 15.3. The fourth-order valence-corrected chi connectivity index (χ4v) is 10.9. The van der Waals surface area contributed by atoms with E-state index in [-0.39, 0.29) is 23.8 Å². The molecule has 1 aliphatic heterocycles. The topological polar surface area (TPSA) is 131 Å². The van der Waals surface area contributed by atoms with E-state index in [1.54, 1.807) is 11.9 Å². The Balaban J connectivity index is 1.14. The van der Waals surface area contributed by atoms with E-state index in [9.17, 15) is 14.4 Å². The molecule has 0 aromatic rings. The van der Waals surface area contributed by atoms with Gasteiger partial charge in [-0.05, 0) is 124 Å². The number of unbranched alkanes of at least 4 members (excludes halogenated alkanes) is 1. The number of amides is 3. The van der Waals surface area contributed by atoms with E-state index in [1.165, 1.54) is 64.2 Å². The molecule has 0 aromatic carbocycles. The number of fused-ring (bicyclic) bond motifs is 5. The zero-order valence-electron chi connectivity index (χ0n) is 26.7. The van der Waals surface area contributed by atoms with E-state index in [2.05, 4.69) is 24.5 Å². The van der Waals surface area contributed by atoms with E-state index >= 15 is 0 Å². The van der Waals surface area contributed by atoms with Crippen molar-refractivity contribution >= 4 is 17.7 Å². The summed E-state index contributed by atoms with van der Waals surface area (Å²) in [4.78, 5) is 40.6. The minimum atomic E-state index is -0.653. The number of nitrogens with two attached hydrogens (primary N) is 2. The SMILES string of the molecule is CNC(=O)[C@@H]1C[C@H](NC(=O)CCC2CCC3C4CCC5CCCC[C@]5(C)C4CC[C@]23C)CN1C(=O)C(N)CCCCN. The lowest BCUT2D eigenvalue weighted by atomic mass is 9.45. The maximum atomic E-state index is 13.2. The lowest BCUT2D eigenvalue weighted by Gasteiger charge is -2.60. The number of carbonyl (C=O) groups excluding carboxylic acids is 3. The molecule has 0 spiro atoms. The monoisotopic (exact) mass is 585 g/mol. The van der Waals surface area contributed by atoms with Crippen molar-refractivity contribution < 1.29 is 14.4 Å². The summed E-state index contributed by atoms with van der Waals surface area (Å²) in [5.74, 6) is 3.81. The van der Waals surface area contributed by atoms with Gasteiger partial charge in [-0.2, -0.15) is 0 Å². The molecule has 3 amide bonds. The Labute approximate surface area is 254 Å². The van der Waals surface area contributed by atoms with Gasteiger partial charge in [-0.1, -0.05) is 33.1 Å². The van der Waals surface area contributed by atoms with E-state index < -0.39 is 12.1 Å². The van der Waals surface area contributed by atoms with Crippen molar-refractivity contribution in [3.05, 3.63) is 0 Å². The first-order valence-electron chi connectivity index (χ1n) is 17.4. The van der Waals surface area contributed by atoms with Crippen molar-refractivity contribution in [1.82, 2.24) is 15.5 Å². The van der Waals surface area contributed by atoms with E-state index in [1.807, 2.05) is 0 Å². The summed E-state index contributed by atoms with van der Waals surface area (Å²) in [6.07, 6.45) is 18.0. The highest BCUT2D eigenvalue weighted by Gasteiger charge is 2.59. The quantitative estimate of drug-likeness (QED) is 0.287. The first kappa shape index (κ1) is 31.7. The summed E-state index contributed by atoms with van der Waals surface area (Å²) >= 11 is 0. The zero-order chi connectivity index (χ0) is 30.1. The van der Waals surface area contributed by atoms with Crippen LogP contribution in [0.25, 0.3) is 0 Å². The predicted octanol–water partition coefficient (Wildman–Crippen LogP) is 4.10. The van der Waals surface area contributed by atoms with Gasteiger partial charge in [0.2, 0.25) is 17.7 Å². The van der Waals surface area contributed by atoms with Crippen molar-refractivity contribution in [3.63, 3.8) is 0 Å². The molecule has 8 heteroatoms. The fourth-order valence-electron chi connectivity index (χ4n) is 10.9. The molecule has 0 bridgehead atoms. The summed E-state index contributed by atoms with van der Waals surface area (Å²) in [6, 6.07) is -1.48. The van der Waals surface area contributed by atoms with Gasteiger partial charge in [-0.15, -0.1) is 0 Å². The molecule has 5 fully saturated rings. The lowest BCUT2D eigenvalue weighted by molar-refractivity contribution is -0.139. The third-order valence-electron chi connectivity index (χ3n) is 13.3. The van der Waals surface area contributed by atoms with Crippen molar-refractivity contribution in [1.29, 1.82) is 0 Å². The van der Waals surface area contributed by atoms with Gasteiger partial charge in [0.25, 0.3) is 0 Å². The maximum Gasteiger partial charge on any atom is 0.242 e. The van der Waals surface area contributed by atoms with Crippen molar-refractivity contribution in [3.8, 4) is 0 Å². The Kier molecular flexibility index (Phi) is 9.93. The van der Waals surface area contributed by atoms with Crippen molar-refractivity contribution in [2.45, 2.75) is 135 Å². The second kappa shape index (κ2) is 13.1. The Morgan fingerprint density at radius 1 is 0.952 bits per heavy atom. The van der Waals surface area contributed by atoms with E-state index in [4.69, 9.17) is 11.5 Å². The van der Waals surface area contributed by atoms with Crippen LogP contribution in [0.1, 0.15) is 117 Å². The van der Waals surface area contributed by atoms with Gasteiger partial charge in [0.15, 0.2) is 0 Å². The number of nitrogens with one attached hydrogen (secondary N) is 2. The number of likely N-dealkylation sites (N-methyl/N-ethyl adjacent to an activating group) is 1. The molecule has 238 valence electrons. The molecule has 4 saturated carbocycles. The number of rotatable bonds is 10. The second-order valence-corrected chi connectivity index (χ2v) is 15.3. The van der Waals surface area contributed by atoms with Gasteiger partial charge in [0.05, 0.1) is 6.04 Å². The molecule has 0 aromatic heterocycles. The van der Waals surface area contributed by atoms with E-state index in [0.29, 0.717) is 49.1 Å². The van der Waals surface area contributed by atoms with Crippen LogP contribution in [0.15, 0.2) is 0 Å². The van der Waals surface area contributed by atoms with Crippen LogP contribution in [-0.2, 0) is 14.4 Å². The normalized spacial score (nSPS) is 40.0. The molecule has 42 heavy (non-hydrogen) atoms. The average molecular weight is 586 g/mol. The molecular weight excluding hydrogens is 526 g/mol. The molecule has 6 N–H and O–H groups in total. The van der Waals surface area contributed by atoms with Crippen LogP contribution >= 0.6 is 0 Å². The summed E-state index contributed by atoms with van der Waals surface area (Å²) in [6.45, 7) is 6.11. The van der Waals surface area contributed by atoms with Gasteiger partial charge in [-0.3, -0.25) is 14.4 Å². The molecular formula is C34H59N5O3. The largest absolute Gasteiger partial charge is 0.357 e. The standard InChI is InChI=1S/C34H59N5O3/c1-33-17-6-4-8-22(33)10-13-25-26-14-11-23(34(26,2)18-16-27(25)33)12-15-30(40)38-24-20-29(31(41)37-3)39(21-24)32(42)28(36)9-5-7-19-35/h22-29H,4-21,35-36H2,1-3H3,(H,37,41)(H,38,40)/t22?,23?,24-,25?,26?,27?,28?,29-,33-,34+/m0/s1. The molecule has 5 aliphatic rings. The third-order valence-corrected chi connectivity index (χ3v) is 13.3. The van der Waals surface area contributed by atoms with Crippen LogP contribution in [-0.4, -0.2) is 60.9 Å². The Hall–Kier alpha value is -1.67. The van der Waals surface area contributed by atoms with Gasteiger partial charge >= 0.3 is 0 Å². The lowest BCUT2D eigenvalue weighted by Crippen LogP contribution is -2.52. The smallest absolute Gasteiger partial charge is 0.242 e. The maximum absolute atomic E-state index is 13.2. The summed E-state index contributed by atoms with van der Waals surface area (Å²) in [7, 11) is 1.59. The van der Waals surface area contributed by atoms with Gasteiger partial charge < -0.3 is 27.0 Å². The zero-order valence-corrected chi connectivity index (χ0v) is 26.7. The van der Waals surface area contributed by atoms with Crippen LogP contribution in [0.2, 0.25) is 0 Å². The Bertz CT molecular complexity index is 990. The highest BCUT2D eigenvalue weighted by atomic mass is 16.2. The molecule has 6 unspecified atom stereocenters. The minimum Gasteiger partial charge on any atom is -0.357 e. The molecule has 5 rings (SSSR count). The minimum absolute atomic E-state index is 0.0492. The molecule has 10 atom stereocenters. The van der Waals surface area contributed by atoms with Gasteiger partial charge in [0.1, 0.15) is 6.04 Å². The predicted molar refractivity (Wildman–Crippen MR) is 166 cm³/mol. The summed E-state index contributed by atoms with van der Waals surface area (Å²) < 4.78 is 0. The number of likely N-dealkylation sites (tertiary alicyclic amines) is 1. The van der Waals surface area contributed by atoms with Crippen molar-refractivity contribution in [2.75, 3.05) is 20.1 Å².